The van der Waals surface area contributed by atoms with Crippen LogP contribution in [-0.4, -0.2) is 14.9 Å². The third-order valence-corrected chi connectivity index (χ3v) is 5.94. The van der Waals surface area contributed by atoms with Crippen molar-refractivity contribution in [2.45, 2.75) is 25.2 Å². The van der Waals surface area contributed by atoms with Gasteiger partial charge in [0.15, 0.2) is 5.78 Å². The van der Waals surface area contributed by atoms with E-state index in [1.165, 1.54) is 11.6 Å². The van der Waals surface area contributed by atoms with Crippen LogP contribution in [0.25, 0.3) is 0 Å². The lowest BCUT2D eigenvalue weighted by Crippen LogP contribution is -2.44. The second-order valence-corrected chi connectivity index (χ2v) is 7.57. The highest BCUT2D eigenvalue weighted by molar-refractivity contribution is 9.10. The van der Waals surface area contributed by atoms with E-state index in [1.807, 2.05) is 24.3 Å². The van der Waals surface area contributed by atoms with Gasteiger partial charge >= 0.3 is 5.69 Å². The number of Topliss-reactive ketones (excluding diaryl/α,β-unsaturated/α-hetero) is 1. The molecule has 0 fully saturated rings. The number of halogens is 1. The number of allylic oxidation sites excluding steroid dienone is 2. The maximum Gasteiger partial charge on any atom is 0.332 e. The van der Waals surface area contributed by atoms with E-state index in [2.05, 4.69) is 21.2 Å². The summed E-state index contributed by atoms with van der Waals surface area (Å²) in [7, 11) is 3.11. The first-order valence-corrected chi connectivity index (χ1v) is 9.28. The lowest BCUT2D eigenvalue weighted by molar-refractivity contribution is -0.116. The van der Waals surface area contributed by atoms with Gasteiger partial charge in [0.25, 0.3) is 5.56 Å². The first-order valence-electron chi connectivity index (χ1n) is 8.49. The molecule has 4 rings (SSSR count). The average molecular weight is 416 g/mol. The second-order valence-electron chi connectivity index (χ2n) is 6.72. The van der Waals surface area contributed by atoms with Crippen molar-refractivity contribution in [3.8, 4) is 0 Å². The highest BCUT2D eigenvalue weighted by Gasteiger charge is 2.39. The first kappa shape index (κ1) is 17.0. The van der Waals surface area contributed by atoms with Crippen molar-refractivity contribution in [2.75, 3.05) is 5.32 Å². The van der Waals surface area contributed by atoms with Gasteiger partial charge in [-0.15, -0.1) is 0 Å². The normalized spacial score (nSPS) is 19.0. The Labute approximate surface area is 158 Å². The molecule has 0 saturated heterocycles. The molecule has 0 bridgehead atoms. The number of carbonyl (C=O) groups excluding carboxylic acids is 1. The van der Waals surface area contributed by atoms with Crippen LogP contribution in [0.5, 0.6) is 0 Å². The van der Waals surface area contributed by atoms with Crippen molar-refractivity contribution in [1.29, 1.82) is 0 Å². The van der Waals surface area contributed by atoms with Crippen LogP contribution in [-0.2, 0) is 18.9 Å². The highest BCUT2D eigenvalue weighted by atomic mass is 79.9. The highest BCUT2D eigenvalue weighted by Crippen LogP contribution is 2.45. The number of hydrogen-bond acceptors (Lipinski definition) is 4. The Morgan fingerprint density at radius 3 is 2.54 bits per heavy atom. The van der Waals surface area contributed by atoms with E-state index < -0.39 is 11.6 Å². The molecule has 1 aromatic heterocycles. The van der Waals surface area contributed by atoms with Crippen LogP contribution >= 0.6 is 15.9 Å². The van der Waals surface area contributed by atoms with E-state index in [9.17, 15) is 14.4 Å². The lowest BCUT2D eigenvalue weighted by Gasteiger charge is -2.34. The van der Waals surface area contributed by atoms with Gasteiger partial charge in [-0.3, -0.25) is 18.7 Å². The predicted octanol–water partition coefficient (Wildman–Crippen LogP) is 2.41. The summed E-state index contributed by atoms with van der Waals surface area (Å²) in [4.78, 5) is 38.2. The minimum atomic E-state index is -0.491. The summed E-state index contributed by atoms with van der Waals surface area (Å²) in [5, 5.41) is 3.22. The molecule has 0 unspecified atom stereocenters. The number of hydrogen-bond donors (Lipinski definition) is 1. The Kier molecular flexibility index (Phi) is 3.99. The minimum Gasteiger partial charge on any atom is -0.344 e. The maximum absolute atomic E-state index is 13.0. The Bertz CT molecular complexity index is 1090. The Balaban J connectivity index is 2.12. The molecular weight excluding hydrogens is 398 g/mol. The molecule has 1 N–H and O–H groups in total. The number of fused-ring (bicyclic) bond motifs is 1. The summed E-state index contributed by atoms with van der Waals surface area (Å²) < 4.78 is 3.38. The van der Waals surface area contributed by atoms with Gasteiger partial charge < -0.3 is 5.32 Å². The van der Waals surface area contributed by atoms with Gasteiger partial charge in [0.05, 0.1) is 5.56 Å². The molecule has 1 atom stereocenters. The quantitative estimate of drug-likeness (QED) is 0.775. The van der Waals surface area contributed by atoms with E-state index in [-0.39, 0.29) is 11.3 Å². The van der Waals surface area contributed by atoms with E-state index in [4.69, 9.17) is 0 Å². The number of carbonyl (C=O) groups is 1. The number of rotatable bonds is 1. The van der Waals surface area contributed by atoms with Crippen molar-refractivity contribution in [3.05, 3.63) is 72.0 Å². The zero-order valence-corrected chi connectivity index (χ0v) is 16.1. The fourth-order valence-electron chi connectivity index (χ4n) is 3.92. The molecule has 0 amide bonds. The van der Waals surface area contributed by atoms with Crippen molar-refractivity contribution in [1.82, 2.24) is 9.13 Å². The molecule has 0 radical (unpaired) electrons. The lowest BCUT2D eigenvalue weighted by atomic mass is 9.76. The number of nitrogens with one attached hydrogen (secondary N) is 1. The monoisotopic (exact) mass is 415 g/mol. The van der Waals surface area contributed by atoms with Crippen LogP contribution in [0.1, 0.15) is 36.3 Å². The number of anilines is 1. The van der Waals surface area contributed by atoms with E-state index in [0.29, 0.717) is 23.4 Å². The summed E-state index contributed by atoms with van der Waals surface area (Å²) >= 11 is 3.56. The number of nitrogens with zero attached hydrogens (tertiary/aromatic N) is 2. The molecule has 2 aliphatic rings. The van der Waals surface area contributed by atoms with Crippen molar-refractivity contribution in [2.24, 2.45) is 14.1 Å². The Hall–Kier alpha value is -2.41. The third kappa shape index (κ3) is 2.34. The molecular formula is C19H18BrN3O3. The molecule has 1 aromatic carbocycles. The zero-order chi connectivity index (χ0) is 18.6. The van der Waals surface area contributed by atoms with Crippen LogP contribution in [0.4, 0.5) is 5.82 Å². The fourth-order valence-corrected chi connectivity index (χ4v) is 4.43. The summed E-state index contributed by atoms with van der Waals surface area (Å²) in [5.41, 5.74) is 1.99. The molecule has 7 heteroatoms. The predicted molar refractivity (Wildman–Crippen MR) is 102 cm³/mol. The fraction of sp³-hybridized carbons (Fsp3) is 0.316. The second kappa shape index (κ2) is 6.09. The van der Waals surface area contributed by atoms with Gasteiger partial charge in [-0.2, -0.15) is 0 Å². The molecule has 6 nitrogen and oxygen atoms in total. The molecule has 0 saturated carbocycles. The van der Waals surface area contributed by atoms with Gasteiger partial charge in [-0.25, -0.2) is 4.79 Å². The van der Waals surface area contributed by atoms with Crippen LogP contribution < -0.4 is 16.6 Å². The van der Waals surface area contributed by atoms with Gasteiger partial charge in [-0.05, 0) is 24.5 Å². The van der Waals surface area contributed by atoms with E-state index in [1.54, 1.807) is 7.05 Å². The summed E-state index contributed by atoms with van der Waals surface area (Å²) in [6.45, 7) is 0. The number of benzene rings is 1. The summed E-state index contributed by atoms with van der Waals surface area (Å²) in [5.74, 6) is 0.0449. The Morgan fingerprint density at radius 1 is 1.08 bits per heavy atom. The molecule has 134 valence electrons. The first-order chi connectivity index (χ1) is 12.4. The van der Waals surface area contributed by atoms with Gasteiger partial charge in [0, 0.05) is 42.2 Å². The Morgan fingerprint density at radius 2 is 1.81 bits per heavy atom. The number of ketones is 1. The van der Waals surface area contributed by atoms with Crippen LogP contribution in [0.2, 0.25) is 0 Å². The van der Waals surface area contributed by atoms with Crippen molar-refractivity contribution >= 4 is 27.5 Å². The zero-order valence-electron chi connectivity index (χ0n) is 14.5. The number of aromatic nitrogens is 2. The topological polar surface area (TPSA) is 73.1 Å². The maximum atomic E-state index is 13.0. The largest absolute Gasteiger partial charge is 0.344 e. The van der Waals surface area contributed by atoms with Crippen LogP contribution in [0, 0.1) is 0 Å². The average Bonchev–Trinajstić information content (AvgIpc) is 2.64. The molecule has 2 aromatic rings. The molecule has 1 aliphatic carbocycles. The van der Waals surface area contributed by atoms with Crippen molar-refractivity contribution in [3.63, 3.8) is 0 Å². The standard InChI is InChI=1S/C19H18BrN3O3/c1-22-17-16(18(25)23(2)19(22)26)14(10-6-3-4-7-11(10)20)15-12(21-17)8-5-9-13(15)24/h3-4,6-7,14,21H,5,8-9H2,1-2H3/t14-/m0/s1. The van der Waals surface area contributed by atoms with Crippen molar-refractivity contribution < 1.29 is 4.79 Å². The van der Waals surface area contributed by atoms with Crippen LogP contribution in [0.15, 0.2) is 49.6 Å². The smallest absolute Gasteiger partial charge is 0.332 e. The van der Waals surface area contributed by atoms with Gasteiger partial charge in [0.2, 0.25) is 0 Å². The summed E-state index contributed by atoms with van der Waals surface area (Å²) in [6, 6.07) is 7.60. The summed E-state index contributed by atoms with van der Waals surface area (Å²) in [6.07, 6.45) is 1.97. The van der Waals surface area contributed by atoms with E-state index in [0.717, 1.165) is 33.1 Å². The molecule has 2 heterocycles. The van der Waals surface area contributed by atoms with E-state index >= 15 is 0 Å². The molecule has 0 spiro atoms. The molecule has 1 aliphatic heterocycles. The van der Waals surface area contributed by atoms with Gasteiger partial charge in [-0.1, -0.05) is 34.1 Å². The molecule has 26 heavy (non-hydrogen) atoms. The SMILES string of the molecule is Cn1c2c(c(=O)n(C)c1=O)[C@@H](c1ccccc1Br)C1=C(CCCC1=O)N2. The van der Waals surface area contributed by atoms with Crippen LogP contribution in [0.3, 0.4) is 0 Å². The van der Waals surface area contributed by atoms with Gasteiger partial charge in [0.1, 0.15) is 5.82 Å². The third-order valence-electron chi connectivity index (χ3n) is 5.22. The minimum absolute atomic E-state index is 0.0565.